The fourth-order valence-corrected chi connectivity index (χ4v) is 14.7. The van der Waals surface area contributed by atoms with Crippen LogP contribution in [0.15, 0.2) is 0 Å². The van der Waals surface area contributed by atoms with E-state index in [4.69, 9.17) is 131 Å². The van der Waals surface area contributed by atoms with E-state index >= 15 is 0 Å². The number of hydrogen-bond acceptors (Lipinski definition) is 36. The highest BCUT2D eigenvalue weighted by Gasteiger charge is 2.46. The van der Waals surface area contributed by atoms with Gasteiger partial charge in [-0.3, -0.25) is 9.36 Å². The number of aliphatic hydroxyl groups is 9. The lowest BCUT2D eigenvalue weighted by Gasteiger charge is -2.42. The van der Waals surface area contributed by atoms with Crippen molar-refractivity contribution in [3.63, 3.8) is 0 Å². The van der Waals surface area contributed by atoms with Crippen LogP contribution in [0.3, 0.4) is 0 Å². The van der Waals surface area contributed by atoms with Crippen LogP contribution in [0.25, 0.3) is 0 Å². The lowest BCUT2D eigenvalue weighted by molar-refractivity contribution is -0.282. The maximum atomic E-state index is 13.1. The summed E-state index contributed by atoms with van der Waals surface area (Å²) in [4.78, 5) is 49.9. The molecule has 0 saturated carbocycles. The molecule has 0 radical (unpaired) electrons. The molecule has 3 saturated heterocycles. The van der Waals surface area contributed by atoms with Crippen molar-refractivity contribution in [3.05, 3.63) is 0 Å². The van der Waals surface area contributed by atoms with E-state index in [0.717, 1.165) is 12.8 Å². The minimum absolute atomic E-state index is 0.00803. The number of carbonyl (C=O) groups excluding carboxylic acids is 1. The molecule has 1 amide bonds. The molecule has 11 unspecified atom stereocenters. The van der Waals surface area contributed by atoms with Gasteiger partial charge in [-0.25, -0.2) is 0 Å². The summed E-state index contributed by atoms with van der Waals surface area (Å²) in [6, 6.07) is -1.05. The van der Waals surface area contributed by atoms with Crippen LogP contribution >= 0.6 is 27.0 Å². The van der Waals surface area contributed by atoms with Gasteiger partial charge in [0.2, 0.25) is 5.91 Å². The summed E-state index contributed by atoms with van der Waals surface area (Å²) < 4.78 is 114. The Kier molecular flexibility index (Phi) is 50.2. The molecule has 3 fully saturated rings. The van der Waals surface area contributed by atoms with Crippen LogP contribution in [-0.2, 0) is 141 Å². The lowest BCUT2D eigenvalue weighted by Crippen LogP contribution is -2.64. The number of rotatable bonds is 61. The third-order valence-electron chi connectivity index (χ3n) is 16.2. The highest BCUT2D eigenvalue weighted by molar-refractivity contribution is 8.32. The van der Waals surface area contributed by atoms with Gasteiger partial charge in [-0.1, -0.05) is 87.8 Å². The van der Waals surface area contributed by atoms with Gasteiger partial charge in [-0.05, 0) is 70.6 Å². The van der Waals surface area contributed by atoms with E-state index in [0.29, 0.717) is 90.3 Å². The lowest BCUT2D eigenvalue weighted by atomic mass is 9.92. The predicted octanol–water partition coefficient (Wildman–Crippen LogP) is 0.987. The Labute approximate surface area is 609 Å². The van der Waals surface area contributed by atoms with Crippen molar-refractivity contribution in [3.8, 4) is 0 Å². The molecule has 0 aliphatic carbocycles. The van der Waals surface area contributed by atoms with Gasteiger partial charge >= 0.3 is 0 Å². The first-order valence-electron chi connectivity index (χ1n) is 34.2. The van der Waals surface area contributed by atoms with Crippen LogP contribution in [0, 0.1) is 17.3 Å². The summed E-state index contributed by atoms with van der Waals surface area (Å²) in [5.41, 5.74) is -0.985. The topological polar surface area (TPSA) is 464 Å². The average molecular weight is 1600 g/mol. The summed E-state index contributed by atoms with van der Waals surface area (Å²) in [6.45, 7) is -10.5. The first-order valence-corrected chi connectivity index (χ1v) is 44.4. The molecular formula is C59H113NO32P4S4-4. The van der Waals surface area contributed by atoms with Crippen LogP contribution < -0.4 is 20.0 Å². The smallest absolute Gasteiger partial charge is 0.217 e. The third kappa shape index (κ3) is 39.4. The van der Waals surface area contributed by atoms with Crippen LogP contribution in [0.2, 0.25) is 0 Å². The number of hydrogen-bond donors (Lipinski definition) is 10. The molecule has 0 aromatic carbocycles. The third-order valence-corrected chi connectivity index (χ3v) is 22.8. The maximum Gasteiger partial charge on any atom is 0.217 e. The molecule has 0 aromatic rings. The predicted molar refractivity (Wildman–Crippen MR) is 368 cm³/mol. The molecule has 3 heterocycles. The number of amides is 1. The molecule has 41 heteroatoms. The number of ether oxygens (including phenoxy) is 10. The van der Waals surface area contributed by atoms with Crippen molar-refractivity contribution >= 4 is 80.5 Å². The molecule has 33 nitrogen and oxygen atoms in total. The maximum absolute atomic E-state index is 13.1. The summed E-state index contributed by atoms with van der Waals surface area (Å²) in [7, 11) is 1.20. The summed E-state index contributed by atoms with van der Waals surface area (Å²) in [6.07, 6.45) is -3.94. The van der Waals surface area contributed by atoms with Gasteiger partial charge in [0.05, 0.1) is 110 Å². The van der Waals surface area contributed by atoms with Crippen LogP contribution in [-0.4, -0.2) is 278 Å². The Hall–Kier alpha value is 0.800. The van der Waals surface area contributed by atoms with Gasteiger partial charge in [0.1, 0.15) is 68.9 Å². The van der Waals surface area contributed by atoms with E-state index in [-0.39, 0.29) is 125 Å². The molecule has 0 aromatic heterocycles. The summed E-state index contributed by atoms with van der Waals surface area (Å²) >= 11 is 20.2. The molecule has 3 rings (SSSR count). The second-order valence-electron chi connectivity index (χ2n) is 24.7. The number of aliphatic hydroxyl groups excluding tert-OH is 9. The minimum Gasteiger partial charge on any atom is -0.780 e. The highest BCUT2D eigenvalue weighted by Crippen LogP contribution is 2.46. The van der Waals surface area contributed by atoms with E-state index in [2.05, 4.69) is 5.32 Å². The van der Waals surface area contributed by atoms with Crippen molar-refractivity contribution in [2.45, 2.75) is 210 Å². The molecule has 594 valence electrons. The van der Waals surface area contributed by atoms with Gasteiger partial charge < -0.3 is 162 Å². The number of nitrogens with one attached hydrogen (secondary N) is 1. The second kappa shape index (κ2) is 52.8. The molecule has 0 bridgehead atoms. The van der Waals surface area contributed by atoms with Gasteiger partial charge in [0.25, 0.3) is 0 Å². The van der Waals surface area contributed by atoms with Crippen LogP contribution in [0.1, 0.15) is 130 Å². The van der Waals surface area contributed by atoms with E-state index < -0.39 is 150 Å². The molecule has 10 N–H and O–H groups in total. The van der Waals surface area contributed by atoms with E-state index in [1.165, 1.54) is 14.0 Å². The minimum atomic E-state index is -3.89. The van der Waals surface area contributed by atoms with Gasteiger partial charge in [-0.15, -0.1) is 0 Å². The zero-order chi connectivity index (χ0) is 74.0. The summed E-state index contributed by atoms with van der Waals surface area (Å²) in [5.74, 6) is -1.47. The average Bonchev–Trinajstić information content (AvgIpc) is 0.825. The Morgan fingerprint density at radius 2 is 0.710 bits per heavy atom. The summed E-state index contributed by atoms with van der Waals surface area (Å²) in [5, 5.41) is 92.5. The van der Waals surface area contributed by atoms with E-state index in [1.807, 2.05) is 0 Å². The van der Waals surface area contributed by atoms with Gasteiger partial charge in [-0.2, -0.15) is 0 Å². The van der Waals surface area contributed by atoms with Crippen molar-refractivity contribution in [1.29, 1.82) is 0 Å². The second-order valence-corrected chi connectivity index (χ2v) is 35.8. The van der Waals surface area contributed by atoms with Crippen LogP contribution in [0.5, 0.6) is 0 Å². The molecule has 3 aliphatic heterocycles. The van der Waals surface area contributed by atoms with E-state index in [9.17, 15) is 70.0 Å². The zero-order valence-corrected chi connectivity index (χ0v) is 64.7. The molecule has 3 aliphatic rings. The van der Waals surface area contributed by atoms with E-state index in [1.54, 1.807) is 13.8 Å². The Balaban J connectivity index is 1.51. The highest BCUT2D eigenvalue weighted by atomic mass is 32.7. The van der Waals surface area contributed by atoms with Gasteiger partial charge in [0.15, 0.2) is 25.7 Å². The fourth-order valence-electron chi connectivity index (χ4n) is 10.3. The first-order chi connectivity index (χ1) is 47.6. The first kappa shape index (κ1) is 95.0. The Bertz CT molecular complexity index is 2260. The van der Waals surface area contributed by atoms with Crippen molar-refractivity contribution in [1.82, 2.24) is 5.32 Å². The monoisotopic (exact) mass is 1600 g/mol. The fraction of sp³-hybridized carbons (Fsp3) is 0.983. The quantitative estimate of drug-likeness (QED) is 0.0230. The Morgan fingerprint density at radius 1 is 0.430 bits per heavy atom. The van der Waals surface area contributed by atoms with Crippen LogP contribution in [0.4, 0.5) is 0 Å². The van der Waals surface area contributed by atoms with Crippen molar-refractivity contribution in [2.75, 3.05) is 146 Å². The largest absolute Gasteiger partial charge is 0.780 e. The molecule has 20 atom stereocenters. The van der Waals surface area contributed by atoms with Crippen molar-refractivity contribution in [2.24, 2.45) is 17.3 Å². The standard InChI is InChI=1S/C59H117NO32P4S4/c1-43-50(65)52(67)46(36-61)90-56(43)80-26-11-5-8-14-29-84-94(72,98)87-33-19-23-77-40-59(39-76-22-17-18-32-83-93(71,97)75-4,41-78-24-20-34-88-95(73,99)85-30-15-9-6-12-27-81-57-44(2)51(66)53(68)47(37-62)91-57)42-79-25-21-35-89-96(74,100)86-31-16-10-7-13-28-82-58-49(60-45(3)64)55(70)54(69)48(38-63)92-58/h43-44,46-58,61-63,65-70H,5-42H2,1-4H3,(H,60,64)(H,71,97)(H,72,98)(H,73,99)(H,74,100)/p-4/t43?,44?,46?,47?,48?,49?,50-,51-,52+,53+,54+,55-,56-,57-,58-,59?,93?,94?,95?,96?/m1/s1. The number of carbonyl (C=O) groups is 1. The number of unbranched alkanes of at least 4 members (excludes halogenated alkanes) is 10. The molecule has 0 spiro atoms. The van der Waals surface area contributed by atoms with Gasteiger partial charge in [0, 0.05) is 72.1 Å². The molecular weight excluding hydrogens is 1490 g/mol. The SMILES string of the molecule is COP([O-])(=S)OCCCCOCC(COCCCOP(=O)([S-])OCCCCCCO[C@@H]1OC(CO)[C@H](O)[C@H](O)C1C)(COCCCOP([O-])(=S)OCCCCCCO[C@@H]1OC(CO)[C@H](O)[C@H](O)C1C)COCCCOP([O-])(=S)OCCCCCCO[C@@H]1OC(CO)[C@H](O)[C@H](O)C1NC(C)=O. The Morgan fingerprint density at radius 3 is 1.07 bits per heavy atom. The zero-order valence-electron chi connectivity index (χ0n) is 57.9. The normalized spacial score (nSPS) is 28.9. The van der Waals surface area contributed by atoms with Crippen molar-refractivity contribution < 1.29 is 154 Å². The molecule has 100 heavy (non-hydrogen) atoms.